The normalized spacial score (nSPS) is 36.8. The summed E-state index contributed by atoms with van der Waals surface area (Å²) >= 11 is 0. The van der Waals surface area contributed by atoms with Crippen molar-refractivity contribution in [2.75, 3.05) is 20.6 Å². The second kappa shape index (κ2) is 4.78. The molecular weight excluding hydrogens is 242 g/mol. The number of nitrogens with one attached hydrogen (secondary N) is 1. The van der Waals surface area contributed by atoms with Crippen LogP contribution in [0, 0.1) is 5.92 Å². The third-order valence-corrected chi connectivity index (χ3v) is 4.88. The van der Waals surface area contributed by atoms with Gasteiger partial charge in [-0.3, -0.25) is 9.59 Å². The first-order valence-electron chi connectivity index (χ1n) is 7.35. The number of hydrogen-bond acceptors (Lipinski definition) is 3. The van der Waals surface area contributed by atoms with E-state index in [-0.39, 0.29) is 23.8 Å². The van der Waals surface area contributed by atoms with Gasteiger partial charge in [0.05, 0.1) is 5.92 Å². The highest BCUT2D eigenvalue weighted by atomic mass is 16.2. The molecule has 106 valence electrons. The molecule has 0 spiro atoms. The second-order valence-corrected chi connectivity index (χ2v) is 6.31. The van der Waals surface area contributed by atoms with Gasteiger partial charge >= 0.3 is 0 Å². The lowest BCUT2D eigenvalue weighted by molar-refractivity contribution is -0.145. The smallest absolute Gasteiger partial charge is 0.244 e. The predicted octanol–water partition coefficient (Wildman–Crippen LogP) is 0.206. The molecule has 4 unspecified atom stereocenters. The summed E-state index contributed by atoms with van der Waals surface area (Å²) in [4.78, 5) is 28.3. The number of likely N-dealkylation sites (tertiary alicyclic amines) is 1. The first-order valence-corrected chi connectivity index (χ1v) is 7.35. The Morgan fingerprint density at radius 2 is 2.00 bits per heavy atom. The molecule has 0 aromatic carbocycles. The number of likely N-dealkylation sites (N-methyl/N-ethyl adjacent to an activating group) is 1. The van der Waals surface area contributed by atoms with E-state index in [0.717, 1.165) is 32.2 Å². The molecule has 3 saturated heterocycles. The lowest BCUT2D eigenvalue weighted by Gasteiger charge is -2.30. The molecule has 2 amide bonds. The fourth-order valence-electron chi connectivity index (χ4n) is 3.90. The quantitative estimate of drug-likeness (QED) is 0.776. The molecule has 1 N–H and O–H groups in total. The van der Waals surface area contributed by atoms with Crippen LogP contribution < -0.4 is 5.32 Å². The first kappa shape index (κ1) is 12.9. The van der Waals surface area contributed by atoms with Gasteiger partial charge in [-0.25, -0.2) is 0 Å². The average molecular weight is 265 g/mol. The van der Waals surface area contributed by atoms with Gasteiger partial charge in [-0.1, -0.05) is 0 Å². The van der Waals surface area contributed by atoms with Gasteiger partial charge in [0.25, 0.3) is 0 Å². The fourth-order valence-corrected chi connectivity index (χ4v) is 3.90. The van der Waals surface area contributed by atoms with Crippen LogP contribution in [0.5, 0.6) is 0 Å². The number of carbonyl (C=O) groups excluding carboxylic acids is 2. The summed E-state index contributed by atoms with van der Waals surface area (Å²) in [5.74, 6) is 0.383. The van der Waals surface area contributed by atoms with E-state index in [9.17, 15) is 9.59 Å². The van der Waals surface area contributed by atoms with Crippen molar-refractivity contribution in [3.8, 4) is 0 Å². The molecule has 0 aromatic heterocycles. The Bertz CT molecular complexity index is 396. The molecule has 4 atom stereocenters. The van der Waals surface area contributed by atoms with Crippen LogP contribution >= 0.6 is 0 Å². The third-order valence-electron chi connectivity index (χ3n) is 4.88. The van der Waals surface area contributed by atoms with Crippen molar-refractivity contribution in [2.24, 2.45) is 5.92 Å². The van der Waals surface area contributed by atoms with Crippen molar-refractivity contribution in [2.45, 2.75) is 50.2 Å². The maximum Gasteiger partial charge on any atom is 0.244 e. The number of fused-ring (bicyclic) bond motifs is 2. The number of rotatable bonds is 2. The Kier molecular flexibility index (Phi) is 3.25. The van der Waals surface area contributed by atoms with Crippen molar-refractivity contribution >= 4 is 11.8 Å². The van der Waals surface area contributed by atoms with Crippen molar-refractivity contribution in [1.29, 1.82) is 0 Å². The van der Waals surface area contributed by atoms with Gasteiger partial charge in [-0.15, -0.1) is 0 Å². The van der Waals surface area contributed by atoms with E-state index < -0.39 is 0 Å². The number of carbonyl (C=O) groups is 2. The van der Waals surface area contributed by atoms with E-state index in [4.69, 9.17) is 0 Å². The van der Waals surface area contributed by atoms with Gasteiger partial charge in [-0.2, -0.15) is 0 Å². The monoisotopic (exact) mass is 265 g/mol. The predicted molar refractivity (Wildman–Crippen MR) is 71.5 cm³/mol. The maximum absolute atomic E-state index is 12.7. The molecule has 3 heterocycles. The standard InChI is InChI=1S/C14H23N3O2/c1-16(2)14(19)12-4-3-7-17(12)13(18)10-8-9-5-6-11(10)15-9/h9-12,15H,3-8H2,1-2H3. The zero-order valence-electron chi connectivity index (χ0n) is 11.8. The highest BCUT2D eigenvalue weighted by Crippen LogP contribution is 2.35. The minimum absolute atomic E-state index is 0.0713. The molecule has 3 fully saturated rings. The second-order valence-electron chi connectivity index (χ2n) is 6.31. The van der Waals surface area contributed by atoms with E-state index >= 15 is 0 Å². The van der Waals surface area contributed by atoms with E-state index in [0.29, 0.717) is 12.1 Å². The lowest BCUT2D eigenvalue weighted by Crippen LogP contribution is -2.49. The van der Waals surface area contributed by atoms with Crippen LogP contribution in [0.3, 0.4) is 0 Å². The Balaban J connectivity index is 1.70. The highest BCUT2D eigenvalue weighted by Gasteiger charge is 2.46. The first-order chi connectivity index (χ1) is 9.08. The highest BCUT2D eigenvalue weighted by molar-refractivity contribution is 5.89. The SMILES string of the molecule is CN(C)C(=O)C1CCCN1C(=O)C1CC2CCC1N2. The molecule has 0 radical (unpaired) electrons. The number of nitrogens with zero attached hydrogens (tertiary/aromatic N) is 2. The van der Waals surface area contributed by atoms with Gasteiger partial charge in [0.15, 0.2) is 0 Å². The van der Waals surface area contributed by atoms with Crippen LogP contribution in [0.25, 0.3) is 0 Å². The molecular formula is C14H23N3O2. The average Bonchev–Trinajstić information content (AvgIpc) is 3.11. The van der Waals surface area contributed by atoms with Gasteiger partial charge in [0, 0.05) is 32.7 Å². The van der Waals surface area contributed by atoms with Gasteiger partial charge in [0.1, 0.15) is 6.04 Å². The fraction of sp³-hybridized carbons (Fsp3) is 0.857. The third kappa shape index (κ3) is 2.14. The lowest BCUT2D eigenvalue weighted by atomic mass is 9.88. The van der Waals surface area contributed by atoms with Crippen molar-refractivity contribution in [1.82, 2.24) is 15.1 Å². The van der Waals surface area contributed by atoms with Crippen molar-refractivity contribution in [3.05, 3.63) is 0 Å². The van der Waals surface area contributed by atoms with Crippen LogP contribution in [0.1, 0.15) is 32.1 Å². The van der Waals surface area contributed by atoms with Crippen LogP contribution in [0.15, 0.2) is 0 Å². The van der Waals surface area contributed by atoms with Crippen LogP contribution in [0.2, 0.25) is 0 Å². The van der Waals surface area contributed by atoms with Crippen LogP contribution in [-0.4, -0.2) is 60.4 Å². The zero-order chi connectivity index (χ0) is 13.6. The molecule has 2 bridgehead atoms. The summed E-state index contributed by atoms with van der Waals surface area (Å²) in [6.45, 7) is 0.747. The Morgan fingerprint density at radius 1 is 1.21 bits per heavy atom. The largest absolute Gasteiger partial charge is 0.347 e. The van der Waals surface area contributed by atoms with Crippen molar-refractivity contribution < 1.29 is 9.59 Å². The zero-order valence-corrected chi connectivity index (χ0v) is 11.8. The van der Waals surface area contributed by atoms with E-state index in [1.165, 1.54) is 6.42 Å². The van der Waals surface area contributed by atoms with Gasteiger partial charge in [0.2, 0.25) is 11.8 Å². The van der Waals surface area contributed by atoms with Crippen LogP contribution in [-0.2, 0) is 9.59 Å². The molecule has 0 aliphatic carbocycles. The summed E-state index contributed by atoms with van der Waals surface area (Å²) in [7, 11) is 3.53. The summed E-state index contributed by atoms with van der Waals surface area (Å²) in [5.41, 5.74) is 0. The minimum Gasteiger partial charge on any atom is -0.347 e. The Hall–Kier alpha value is -1.10. The van der Waals surface area contributed by atoms with Crippen LogP contribution in [0.4, 0.5) is 0 Å². The molecule has 0 saturated carbocycles. The van der Waals surface area contributed by atoms with E-state index in [2.05, 4.69) is 5.32 Å². The summed E-state index contributed by atoms with van der Waals surface area (Å²) in [6.07, 6.45) is 5.04. The maximum atomic E-state index is 12.7. The Morgan fingerprint density at radius 3 is 2.58 bits per heavy atom. The molecule has 3 aliphatic heterocycles. The summed E-state index contributed by atoms with van der Waals surface area (Å²) in [5, 5.41) is 3.51. The van der Waals surface area contributed by atoms with E-state index in [1.54, 1.807) is 19.0 Å². The summed E-state index contributed by atoms with van der Waals surface area (Å²) in [6, 6.07) is 0.666. The summed E-state index contributed by atoms with van der Waals surface area (Å²) < 4.78 is 0. The topological polar surface area (TPSA) is 52.7 Å². The molecule has 5 heteroatoms. The molecule has 3 rings (SSSR count). The number of amides is 2. The van der Waals surface area contributed by atoms with E-state index in [1.807, 2.05) is 4.90 Å². The molecule has 0 aromatic rings. The molecule has 3 aliphatic rings. The number of hydrogen-bond donors (Lipinski definition) is 1. The molecule has 19 heavy (non-hydrogen) atoms. The van der Waals surface area contributed by atoms with Crippen molar-refractivity contribution in [3.63, 3.8) is 0 Å². The minimum atomic E-state index is -0.221. The van der Waals surface area contributed by atoms with Gasteiger partial charge in [-0.05, 0) is 32.1 Å². The Labute approximate surface area is 114 Å². The molecule has 5 nitrogen and oxygen atoms in total. The van der Waals surface area contributed by atoms with Gasteiger partial charge < -0.3 is 15.1 Å².